The summed E-state index contributed by atoms with van der Waals surface area (Å²) in [4.78, 5) is 19.3. The number of hydrogen-bond donors (Lipinski definition) is 1. The number of pyridine rings is 1. The molecule has 8 heteroatoms. The van der Waals surface area contributed by atoms with Crippen LogP contribution in [0.4, 0.5) is 18.0 Å². The Balaban J connectivity index is 2.07. The molecule has 0 unspecified atom stereocenters. The SMILES string of the molecule is O=C(NCC(F)(F)F)n1cnc(-c2cccnc2)c1. The standard InChI is InChI=1S/C11H9F3N4O/c12-11(13,14)6-16-10(19)18-5-9(17-7-18)8-2-1-3-15-4-8/h1-5,7H,6H2,(H,16,19). The lowest BCUT2D eigenvalue weighted by molar-refractivity contribution is -0.122. The quantitative estimate of drug-likeness (QED) is 0.908. The molecule has 0 aromatic carbocycles. The van der Waals surface area contributed by atoms with E-state index >= 15 is 0 Å². The fourth-order valence-electron chi connectivity index (χ4n) is 1.36. The third-order valence-electron chi connectivity index (χ3n) is 2.21. The molecule has 0 atom stereocenters. The minimum atomic E-state index is -4.44. The Bertz CT molecular complexity index is 565. The number of hydrogen-bond acceptors (Lipinski definition) is 3. The van der Waals surface area contributed by atoms with Crippen LogP contribution in [0, 0.1) is 0 Å². The van der Waals surface area contributed by atoms with Crippen molar-refractivity contribution in [3.8, 4) is 11.3 Å². The highest BCUT2D eigenvalue weighted by molar-refractivity contribution is 5.77. The molecule has 0 bridgehead atoms. The Hall–Kier alpha value is -2.38. The number of rotatable bonds is 2. The van der Waals surface area contributed by atoms with Crippen LogP contribution in [-0.2, 0) is 0 Å². The van der Waals surface area contributed by atoms with Crippen LogP contribution in [-0.4, -0.2) is 33.3 Å². The van der Waals surface area contributed by atoms with Gasteiger partial charge in [-0.2, -0.15) is 13.2 Å². The van der Waals surface area contributed by atoms with Crippen LogP contribution >= 0.6 is 0 Å². The summed E-state index contributed by atoms with van der Waals surface area (Å²) in [6, 6.07) is 2.53. The monoisotopic (exact) mass is 270 g/mol. The number of halogens is 3. The normalized spacial score (nSPS) is 11.3. The Morgan fingerprint density at radius 3 is 2.84 bits per heavy atom. The molecule has 0 saturated carbocycles. The third kappa shape index (κ3) is 3.54. The number of amides is 1. The van der Waals surface area contributed by atoms with Crippen LogP contribution in [0.5, 0.6) is 0 Å². The number of nitrogens with one attached hydrogen (secondary N) is 1. The van der Waals surface area contributed by atoms with E-state index in [1.165, 1.54) is 6.20 Å². The van der Waals surface area contributed by atoms with Crippen LogP contribution in [0.15, 0.2) is 37.1 Å². The highest BCUT2D eigenvalue weighted by atomic mass is 19.4. The molecule has 19 heavy (non-hydrogen) atoms. The molecule has 0 aliphatic rings. The summed E-state index contributed by atoms with van der Waals surface area (Å²) in [5.41, 5.74) is 1.13. The maximum Gasteiger partial charge on any atom is 0.405 e. The molecule has 100 valence electrons. The minimum Gasteiger partial charge on any atom is -0.328 e. The number of carbonyl (C=O) groups is 1. The summed E-state index contributed by atoms with van der Waals surface area (Å²) in [5.74, 6) is 0. The van der Waals surface area contributed by atoms with Crippen molar-refractivity contribution in [3.63, 3.8) is 0 Å². The van der Waals surface area contributed by atoms with E-state index in [0.29, 0.717) is 11.3 Å². The molecule has 0 spiro atoms. The van der Waals surface area contributed by atoms with Crippen LogP contribution in [0.25, 0.3) is 11.3 Å². The second kappa shape index (κ2) is 5.09. The largest absolute Gasteiger partial charge is 0.405 e. The maximum absolute atomic E-state index is 12.0. The molecular weight excluding hydrogens is 261 g/mol. The molecule has 0 aliphatic heterocycles. The first kappa shape index (κ1) is 13.1. The highest BCUT2D eigenvalue weighted by Gasteiger charge is 2.28. The minimum absolute atomic E-state index is 0.454. The van der Waals surface area contributed by atoms with Gasteiger partial charge in [-0.3, -0.25) is 9.55 Å². The average Bonchev–Trinajstić information content (AvgIpc) is 2.86. The van der Waals surface area contributed by atoms with E-state index < -0.39 is 18.8 Å². The van der Waals surface area contributed by atoms with Crippen molar-refractivity contribution in [1.29, 1.82) is 0 Å². The van der Waals surface area contributed by atoms with Gasteiger partial charge in [-0.05, 0) is 12.1 Å². The summed E-state index contributed by atoms with van der Waals surface area (Å²) in [6.45, 7) is -1.38. The maximum atomic E-state index is 12.0. The van der Waals surface area contributed by atoms with Crippen LogP contribution in [0.3, 0.4) is 0 Å². The van der Waals surface area contributed by atoms with Gasteiger partial charge < -0.3 is 5.32 Å². The molecule has 2 heterocycles. The number of alkyl halides is 3. The summed E-state index contributed by atoms with van der Waals surface area (Å²) in [5, 5.41) is 1.75. The summed E-state index contributed by atoms with van der Waals surface area (Å²) in [7, 11) is 0. The zero-order valence-corrected chi connectivity index (χ0v) is 9.55. The molecule has 2 aromatic rings. The van der Waals surface area contributed by atoms with Gasteiger partial charge in [0.2, 0.25) is 0 Å². The molecule has 1 N–H and O–H groups in total. The number of aromatic nitrogens is 3. The number of carbonyl (C=O) groups excluding carboxylic acids is 1. The zero-order chi connectivity index (χ0) is 13.9. The molecule has 0 saturated heterocycles. The first-order chi connectivity index (χ1) is 8.96. The Morgan fingerprint density at radius 2 is 2.21 bits per heavy atom. The van der Waals surface area contributed by atoms with Crippen molar-refractivity contribution >= 4 is 6.03 Å². The van der Waals surface area contributed by atoms with Crippen LogP contribution in [0.1, 0.15) is 0 Å². The smallest absolute Gasteiger partial charge is 0.328 e. The lowest BCUT2D eigenvalue weighted by Gasteiger charge is -2.07. The van der Waals surface area contributed by atoms with Gasteiger partial charge in [-0.1, -0.05) is 0 Å². The fraction of sp³-hybridized carbons (Fsp3) is 0.182. The Morgan fingerprint density at radius 1 is 1.42 bits per heavy atom. The fourth-order valence-corrected chi connectivity index (χ4v) is 1.36. The van der Waals surface area contributed by atoms with Gasteiger partial charge in [0.05, 0.1) is 5.69 Å². The molecular formula is C11H9F3N4O. The summed E-state index contributed by atoms with van der Waals surface area (Å²) in [6.07, 6.45) is 1.16. The van der Waals surface area contributed by atoms with Crippen LogP contribution < -0.4 is 5.32 Å². The molecule has 0 fully saturated rings. The lowest BCUT2D eigenvalue weighted by Crippen LogP contribution is -2.35. The third-order valence-corrected chi connectivity index (χ3v) is 2.21. The van der Waals surface area contributed by atoms with Crippen molar-refractivity contribution in [1.82, 2.24) is 19.9 Å². The van der Waals surface area contributed by atoms with Crippen molar-refractivity contribution in [2.45, 2.75) is 6.18 Å². The summed E-state index contributed by atoms with van der Waals surface area (Å²) >= 11 is 0. The van der Waals surface area contributed by atoms with Gasteiger partial charge >= 0.3 is 12.2 Å². The number of imidazole rings is 1. The molecule has 0 radical (unpaired) electrons. The second-order valence-electron chi connectivity index (χ2n) is 3.68. The summed E-state index contributed by atoms with van der Waals surface area (Å²) < 4.78 is 36.8. The van der Waals surface area contributed by atoms with E-state index in [0.717, 1.165) is 10.9 Å². The lowest BCUT2D eigenvalue weighted by atomic mass is 10.2. The average molecular weight is 270 g/mol. The van der Waals surface area contributed by atoms with Crippen molar-refractivity contribution in [3.05, 3.63) is 37.1 Å². The zero-order valence-electron chi connectivity index (χ0n) is 9.55. The van der Waals surface area contributed by atoms with Crippen LogP contribution in [0.2, 0.25) is 0 Å². The number of nitrogens with zero attached hydrogens (tertiary/aromatic N) is 3. The van der Waals surface area contributed by atoms with E-state index in [-0.39, 0.29) is 0 Å². The highest BCUT2D eigenvalue weighted by Crippen LogP contribution is 2.15. The van der Waals surface area contributed by atoms with Gasteiger partial charge in [0, 0.05) is 24.2 Å². The van der Waals surface area contributed by atoms with Gasteiger partial charge in [0.1, 0.15) is 12.9 Å². The van der Waals surface area contributed by atoms with Crippen molar-refractivity contribution in [2.75, 3.05) is 6.54 Å². The van der Waals surface area contributed by atoms with E-state index in [1.54, 1.807) is 29.8 Å². The van der Waals surface area contributed by atoms with Crippen molar-refractivity contribution in [2.24, 2.45) is 0 Å². The van der Waals surface area contributed by atoms with E-state index in [1.807, 2.05) is 0 Å². The topological polar surface area (TPSA) is 59.8 Å². The predicted molar refractivity (Wildman–Crippen MR) is 60.3 cm³/mol. The second-order valence-corrected chi connectivity index (χ2v) is 3.68. The Kier molecular flexibility index (Phi) is 3.50. The van der Waals surface area contributed by atoms with E-state index in [9.17, 15) is 18.0 Å². The molecule has 0 aliphatic carbocycles. The predicted octanol–water partition coefficient (Wildman–Crippen LogP) is 2.07. The van der Waals surface area contributed by atoms with Gasteiger partial charge in [0.25, 0.3) is 0 Å². The van der Waals surface area contributed by atoms with E-state index in [2.05, 4.69) is 9.97 Å². The van der Waals surface area contributed by atoms with E-state index in [4.69, 9.17) is 0 Å². The van der Waals surface area contributed by atoms with Crippen molar-refractivity contribution < 1.29 is 18.0 Å². The van der Waals surface area contributed by atoms with Gasteiger partial charge in [-0.25, -0.2) is 9.78 Å². The molecule has 1 amide bonds. The van der Waals surface area contributed by atoms with Gasteiger partial charge in [-0.15, -0.1) is 0 Å². The first-order valence-electron chi connectivity index (χ1n) is 5.25. The molecule has 2 rings (SSSR count). The molecule has 5 nitrogen and oxygen atoms in total. The first-order valence-corrected chi connectivity index (χ1v) is 5.25. The Labute approximate surface area is 106 Å². The van der Waals surface area contributed by atoms with Gasteiger partial charge in [0.15, 0.2) is 0 Å². The molecule has 2 aromatic heterocycles.